The van der Waals surface area contributed by atoms with Crippen LogP contribution in [0.1, 0.15) is 0 Å². The van der Waals surface area contributed by atoms with Gasteiger partial charge in [-0.05, 0) is 0 Å². The molecule has 0 unspecified atom stereocenters. The van der Waals surface area contributed by atoms with Crippen LogP contribution in [0.2, 0.25) is 0 Å². The molecule has 7 nitrogen and oxygen atoms in total. The van der Waals surface area contributed by atoms with Gasteiger partial charge in [-0.15, -0.1) is 0 Å². The van der Waals surface area contributed by atoms with Crippen molar-refractivity contribution in [2.45, 2.75) is 0 Å². The number of carbonyl (C=O) groups is 2. The second kappa shape index (κ2) is 4.83. The van der Waals surface area contributed by atoms with Gasteiger partial charge in [-0.3, -0.25) is 14.9 Å². The number of allylic oxidation sites excluding steroid dienone is 1. The first kappa shape index (κ1) is 10.1. The first-order valence-corrected chi connectivity index (χ1v) is 2.89. The van der Waals surface area contributed by atoms with Gasteiger partial charge in [-0.1, -0.05) is 0 Å². The number of nitrogens with one attached hydrogen (secondary N) is 2. The van der Waals surface area contributed by atoms with Gasteiger partial charge < -0.3 is 10.6 Å². The molecule has 0 bridgehead atoms. The highest BCUT2D eigenvalue weighted by Gasteiger charge is 2.07. The fourth-order valence-electron chi connectivity index (χ4n) is 0.341. The fourth-order valence-corrected chi connectivity index (χ4v) is 0.341. The lowest BCUT2D eigenvalue weighted by Crippen LogP contribution is -2.29. The highest BCUT2D eigenvalue weighted by molar-refractivity contribution is 5.76. The van der Waals surface area contributed by atoms with E-state index in [9.17, 15) is 19.7 Å². The van der Waals surface area contributed by atoms with Crippen molar-refractivity contribution in [2.24, 2.45) is 0 Å². The van der Waals surface area contributed by atoms with E-state index < -0.39 is 16.7 Å². The number of hydrogen-bond acceptors (Lipinski definition) is 4. The van der Waals surface area contributed by atoms with E-state index in [2.05, 4.69) is 5.32 Å². The van der Waals surface area contributed by atoms with Crippen molar-refractivity contribution in [3.8, 4) is 0 Å². The Labute approximate surface area is 67.6 Å². The van der Waals surface area contributed by atoms with Crippen LogP contribution < -0.4 is 10.6 Å². The van der Waals surface area contributed by atoms with E-state index in [4.69, 9.17) is 0 Å². The van der Waals surface area contributed by atoms with E-state index in [1.807, 2.05) is 5.32 Å². The van der Waals surface area contributed by atoms with Crippen molar-refractivity contribution in [3.63, 3.8) is 0 Å². The Morgan fingerprint density at radius 3 is 2.50 bits per heavy atom. The van der Waals surface area contributed by atoms with Crippen molar-refractivity contribution in [3.05, 3.63) is 22.0 Å². The van der Waals surface area contributed by atoms with E-state index in [1.54, 1.807) is 0 Å². The Balaban J connectivity index is 4.21. The zero-order valence-electron chi connectivity index (χ0n) is 6.23. The number of urea groups is 1. The van der Waals surface area contributed by atoms with Gasteiger partial charge in [0.1, 0.15) is 0 Å². The van der Waals surface area contributed by atoms with E-state index in [1.165, 1.54) is 7.05 Å². The summed E-state index contributed by atoms with van der Waals surface area (Å²) < 4.78 is 0. The summed E-state index contributed by atoms with van der Waals surface area (Å²) in [5.41, 5.74) is -0.710. The Morgan fingerprint density at radius 1 is 1.58 bits per heavy atom. The maximum absolute atomic E-state index is 10.4. The van der Waals surface area contributed by atoms with Crippen LogP contribution in [0.5, 0.6) is 0 Å². The Hall–Kier alpha value is -1.92. The number of nitro groups is 1. The molecular formula is C5H7N3O4. The van der Waals surface area contributed by atoms with Crippen LogP contribution >= 0.6 is 0 Å². The third-order valence-corrected chi connectivity index (χ3v) is 0.910. The highest BCUT2D eigenvalue weighted by Crippen LogP contribution is 1.86. The molecule has 0 heterocycles. The van der Waals surface area contributed by atoms with Crippen LogP contribution in [0.25, 0.3) is 0 Å². The first-order valence-electron chi connectivity index (χ1n) is 2.89. The van der Waals surface area contributed by atoms with Crippen molar-refractivity contribution < 1.29 is 14.5 Å². The summed E-state index contributed by atoms with van der Waals surface area (Å²) in [5, 5.41) is 14.1. The minimum absolute atomic E-state index is 0.0376. The second-order valence-corrected chi connectivity index (χ2v) is 1.67. The van der Waals surface area contributed by atoms with Crippen molar-refractivity contribution in [1.82, 2.24) is 10.6 Å². The predicted molar refractivity (Wildman–Crippen MR) is 38.7 cm³/mol. The third-order valence-electron chi connectivity index (χ3n) is 0.910. The number of nitrogens with zero attached hydrogens (tertiary/aromatic N) is 1. The molecule has 0 atom stereocenters. The SMILES string of the molecule is CNC(=O)N/C=C(\C=O)[N+](=O)[O-]. The van der Waals surface area contributed by atoms with Gasteiger partial charge in [-0.2, -0.15) is 0 Å². The Bertz CT molecular complexity index is 235. The average Bonchev–Trinajstić information content (AvgIpc) is 2.04. The molecule has 0 radical (unpaired) electrons. The second-order valence-electron chi connectivity index (χ2n) is 1.67. The smallest absolute Gasteiger partial charge is 0.324 e. The van der Waals surface area contributed by atoms with Gasteiger partial charge >= 0.3 is 11.7 Å². The molecule has 2 N–H and O–H groups in total. The quantitative estimate of drug-likeness (QED) is 0.253. The number of hydrogen-bond donors (Lipinski definition) is 2. The molecule has 12 heavy (non-hydrogen) atoms. The van der Waals surface area contributed by atoms with Gasteiger partial charge in [0.25, 0.3) is 0 Å². The van der Waals surface area contributed by atoms with Crippen LogP contribution in [-0.2, 0) is 4.79 Å². The van der Waals surface area contributed by atoms with Crippen molar-refractivity contribution in [2.75, 3.05) is 7.05 Å². The monoisotopic (exact) mass is 173 g/mol. The Morgan fingerprint density at radius 2 is 2.17 bits per heavy atom. The first-order chi connectivity index (χ1) is 5.61. The van der Waals surface area contributed by atoms with Crippen LogP contribution in [0.4, 0.5) is 4.79 Å². The average molecular weight is 173 g/mol. The summed E-state index contributed by atoms with van der Waals surface area (Å²) >= 11 is 0. The molecule has 0 saturated heterocycles. The van der Waals surface area contributed by atoms with Gasteiger partial charge in [0.15, 0.2) is 0 Å². The van der Waals surface area contributed by atoms with Crippen molar-refractivity contribution in [1.29, 1.82) is 0 Å². The number of amides is 2. The molecule has 0 saturated carbocycles. The van der Waals surface area contributed by atoms with E-state index in [0.717, 1.165) is 0 Å². The van der Waals surface area contributed by atoms with Gasteiger partial charge in [0, 0.05) is 7.05 Å². The molecular weight excluding hydrogens is 166 g/mol. The molecule has 0 rings (SSSR count). The summed E-state index contributed by atoms with van der Waals surface area (Å²) in [5.74, 6) is 0. The van der Waals surface area contributed by atoms with Crippen molar-refractivity contribution >= 4 is 12.3 Å². The lowest BCUT2D eigenvalue weighted by Gasteiger charge is -1.95. The zero-order chi connectivity index (χ0) is 9.56. The topological polar surface area (TPSA) is 101 Å². The summed E-state index contributed by atoms with van der Waals surface area (Å²) in [4.78, 5) is 29.5. The number of rotatable bonds is 3. The summed E-state index contributed by atoms with van der Waals surface area (Å²) in [7, 11) is 1.34. The molecule has 66 valence electrons. The van der Waals surface area contributed by atoms with Gasteiger partial charge in [0.05, 0.1) is 11.1 Å². The standard InChI is InChI=1S/C5H7N3O4/c1-6-5(10)7-2-4(3-9)8(11)12/h2-3H,1H3,(H2,6,7,10)/b4-2+. The normalized spacial score (nSPS) is 10.2. The molecule has 0 aromatic rings. The summed E-state index contributed by atoms with van der Waals surface area (Å²) in [6.07, 6.45) is 0.752. The molecule has 0 spiro atoms. The molecule has 0 aromatic carbocycles. The lowest BCUT2D eigenvalue weighted by atomic mass is 10.5. The minimum atomic E-state index is -0.900. The van der Waals surface area contributed by atoms with E-state index >= 15 is 0 Å². The van der Waals surface area contributed by atoms with Crippen LogP contribution in [0.3, 0.4) is 0 Å². The Kier molecular flexibility index (Phi) is 4.06. The highest BCUT2D eigenvalue weighted by atomic mass is 16.6. The van der Waals surface area contributed by atoms with Crippen LogP contribution in [0.15, 0.2) is 11.9 Å². The minimum Gasteiger partial charge on any atom is -0.341 e. The van der Waals surface area contributed by atoms with Gasteiger partial charge in [-0.25, -0.2) is 4.79 Å². The molecule has 0 aliphatic rings. The molecule has 0 aromatic heterocycles. The molecule has 2 amide bonds. The molecule has 0 fully saturated rings. The maximum atomic E-state index is 10.4. The van der Waals surface area contributed by atoms with Crippen LogP contribution in [-0.4, -0.2) is 24.3 Å². The third kappa shape index (κ3) is 3.30. The van der Waals surface area contributed by atoms with Gasteiger partial charge in [0.2, 0.25) is 6.29 Å². The molecule has 0 aliphatic carbocycles. The summed E-state index contributed by atoms with van der Waals surface area (Å²) in [6, 6.07) is -0.629. The van der Waals surface area contributed by atoms with Crippen LogP contribution in [0, 0.1) is 10.1 Å². The zero-order valence-corrected chi connectivity index (χ0v) is 6.23. The molecule has 0 aliphatic heterocycles. The van der Waals surface area contributed by atoms with E-state index in [0.29, 0.717) is 6.20 Å². The number of carbonyl (C=O) groups excluding carboxylic acids is 2. The maximum Gasteiger partial charge on any atom is 0.324 e. The summed E-state index contributed by atoms with van der Waals surface area (Å²) in [6.45, 7) is 0. The largest absolute Gasteiger partial charge is 0.341 e. The fraction of sp³-hybridized carbons (Fsp3) is 0.200. The lowest BCUT2D eigenvalue weighted by molar-refractivity contribution is -0.417. The predicted octanol–water partition coefficient (Wildman–Crippen LogP) is -0.768. The van der Waals surface area contributed by atoms with E-state index in [-0.39, 0.29) is 6.29 Å². The molecule has 7 heteroatoms. The number of aldehydes is 1.